The molecule has 0 radical (unpaired) electrons. The van der Waals surface area contributed by atoms with E-state index < -0.39 is 48.1 Å². The summed E-state index contributed by atoms with van der Waals surface area (Å²) >= 11 is 0. The van der Waals surface area contributed by atoms with E-state index in [2.05, 4.69) is 5.32 Å². The Morgan fingerprint density at radius 1 is 0.889 bits per heavy atom. The number of methoxy groups -OCH3 is 2. The highest BCUT2D eigenvalue weighted by atomic mass is 16.5. The monoisotopic (exact) mass is 613 g/mol. The third kappa shape index (κ3) is 7.38. The van der Waals surface area contributed by atoms with Crippen molar-refractivity contribution in [1.29, 1.82) is 0 Å². The van der Waals surface area contributed by atoms with Gasteiger partial charge in [0.2, 0.25) is 5.91 Å². The molecule has 1 unspecified atom stereocenters. The zero-order chi connectivity index (χ0) is 32.7. The van der Waals surface area contributed by atoms with E-state index in [-0.39, 0.29) is 18.0 Å². The Kier molecular flexibility index (Phi) is 10.4. The number of rotatable bonds is 12. The fourth-order valence-corrected chi connectivity index (χ4v) is 5.18. The highest BCUT2D eigenvalue weighted by molar-refractivity contribution is 6.35. The minimum absolute atomic E-state index is 0.0575. The number of hydrogen-bond acceptors (Lipinski definition) is 7. The quantitative estimate of drug-likeness (QED) is 0.296. The molecule has 0 saturated carbocycles. The summed E-state index contributed by atoms with van der Waals surface area (Å²) in [6, 6.07) is 19.8. The molecule has 45 heavy (non-hydrogen) atoms. The van der Waals surface area contributed by atoms with Crippen molar-refractivity contribution in [2.45, 2.75) is 32.4 Å². The van der Waals surface area contributed by atoms with Crippen molar-refractivity contribution >= 4 is 35.2 Å². The number of amides is 3. The average Bonchev–Trinajstić information content (AvgIpc) is 3.04. The van der Waals surface area contributed by atoms with E-state index in [0.29, 0.717) is 28.2 Å². The number of carboxylic acids is 1. The van der Waals surface area contributed by atoms with Crippen LogP contribution in [0.4, 0.5) is 0 Å². The molecule has 2 atom stereocenters. The molecule has 1 aliphatic rings. The van der Waals surface area contributed by atoms with Gasteiger partial charge in [0.05, 0.1) is 19.9 Å². The van der Waals surface area contributed by atoms with Crippen molar-refractivity contribution in [2.24, 2.45) is 5.92 Å². The van der Waals surface area contributed by atoms with Crippen LogP contribution in [0.15, 0.2) is 85.1 Å². The summed E-state index contributed by atoms with van der Waals surface area (Å²) < 4.78 is 10.8. The average molecular weight is 614 g/mol. The van der Waals surface area contributed by atoms with Crippen LogP contribution < -0.4 is 14.8 Å². The van der Waals surface area contributed by atoms with Crippen molar-refractivity contribution in [3.63, 3.8) is 0 Å². The van der Waals surface area contributed by atoms with Crippen molar-refractivity contribution in [1.82, 2.24) is 15.1 Å². The molecule has 11 heteroatoms. The van der Waals surface area contributed by atoms with Crippen LogP contribution in [0.3, 0.4) is 0 Å². The number of ketones is 1. The molecule has 0 saturated heterocycles. The van der Waals surface area contributed by atoms with Crippen molar-refractivity contribution in [3.05, 3.63) is 102 Å². The first-order chi connectivity index (χ1) is 21.5. The van der Waals surface area contributed by atoms with E-state index in [1.165, 1.54) is 30.2 Å². The molecule has 0 fully saturated rings. The first-order valence-electron chi connectivity index (χ1n) is 14.3. The number of benzene rings is 3. The topological polar surface area (TPSA) is 143 Å². The fourth-order valence-electron chi connectivity index (χ4n) is 5.18. The SMILES string of the molecule is COc1ccc(C2=CN(C(=O)c3ccccc3)C(C(C)C)C(=O)N2CC(=O)N[C@@H](Cc2ccccc2)C(=O)C(=O)O)cc1OC. The summed E-state index contributed by atoms with van der Waals surface area (Å²) in [6.45, 7) is 3.04. The van der Waals surface area contributed by atoms with E-state index in [9.17, 15) is 29.1 Å². The molecule has 0 aromatic heterocycles. The molecule has 11 nitrogen and oxygen atoms in total. The van der Waals surface area contributed by atoms with Crippen LogP contribution in [0.1, 0.15) is 35.3 Å². The van der Waals surface area contributed by atoms with Crippen LogP contribution in [0, 0.1) is 5.92 Å². The molecule has 4 rings (SSSR count). The maximum atomic E-state index is 14.2. The highest BCUT2D eigenvalue weighted by Gasteiger charge is 2.42. The standard InChI is InChI=1S/C34H35N3O8/c1-21(2)30-33(41)36(20-29(38)35-25(31(39)34(42)43)17-22-11-7-5-8-12-22)26(24-15-16-27(44-3)28(18-24)45-4)19-37(30)32(40)23-13-9-6-10-14-23/h5-16,18-19,21,25,30H,17,20H2,1-4H3,(H,35,38)(H,42,43)/t25-,30?/m0/s1. The second-order valence-electron chi connectivity index (χ2n) is 10.8. The molecule has 0 aliphatic carbocycles. The number of carbonyl (C=O) groups excluding carboxylic acids is 4. The van der Waals surface area contributed by atoms with Gasteiger partial charge in [0.15, 0.2) is 11.5 Å². The highest BCUT2D eigenvalue weighted by Crippen LogP contribution is 2.35. The van der Waals surface area contributed by atoms with Crippen LogP contribution in [0.25, 0.3) is 5.70 Å². The van der Waals surface area contributed by atoms with Gasteiger partial charge in [0.1, 0.15) is 18.6 Å². The lowest BCUT2D eigenvalue weighted by Gasteiger charge is -2.41. The van der Waals surface area contributed by atoms with Crippen LogP contribution in [0.5, 0.6) is 11.5 Å². The van der Waals surface area contributed by atoms with Gasteiger partial charge in [-0.05, 0) is 41.8 Å². The Hall–Kier alpha value is -5.45. The summed E-state index contributed by atoms with van der Waals surface area (Å²) in [5.74, 6) is -4.12. The smallest absolute Gasteiger partial charge is 0.374 e. The van der Waals surface area contributed by atoms with Gasteiger partial charge in [0.25, 0.3) is 17.6 Å². The lowest BCUT2D eigenvalue weighted by atomic mass is 9.96. The second-order valence-corrected chi connectivity index (χ2v) is 10.8. The van der Waals surface area contributed by atoms with Gasteiger partial charge in [-0.15, -0.1) is 0 Å². The van der Waals surface area contributed by atoms with Crippen LogP contribution >= 0.6 is 0 Å². The molecule has 234 valence electrons. The third-order valence-electron chi connectivity index (χ3n) is 7.38. The van der Waals surface area contributed by atoms with Gasteiger partial charge in [-0.1, -0.05) is 62.4 Å². The number of carboxylic acid groups (broad SMARTS) is 1. The number of hydrogen-bond donors (Lipinski definition) is 2. The van der Waals surface area contributed by atoms with Crippen LogP contribution in [0.2, 0.25) is 0 Å². The minimum Gasteiger partial charge on any atom is -0.493 e. The second kappa shape index (κ2) is 14.3. The number of Topliss-reactive ketones (excluding diaryl/α,β-unsaturated/α-hetero) is 1. The number of nitrogens with one attached hydrogen (secondary N) is 1. The Balaban J connectivity index is 1.76. The third-order valence-corrected chi connectivity index (χ3v) is 7.38. The van der Waals surface area contributed by atoms with Gasteiger partial charge in [0, 0.05) is 23.7 Å². The van der Waals surface area contributed by atoms with E-state index >= 15 is 0 Å². The Bertz CT molecular complexity index is 1600. The first kappa shape index (κ1) is 32.5. The molecule has 3 amide bonds. The molecule has 0 spiro atoms. The normalized spacial score (nSPS) is 15.3. The number of ether oxygens (including phenoxy) is 2. The molecular formula is C34H35N3O8. The molecular weight excluding hydrogens is 578 g/mol. The predicted octanol–water partition coefficient (Wildman–Crippen LogP) is 3.39. The van der Waals surface area contributed by atoms with Gasteiger partial charge in [-0.2, -0.15) is 0 Å². The molecule has 3 aromatic rings. The largest absolute Gasteiger partial charge is 0.493 e. The maximum absolute atomic E-state index is 14.2. The lowest BCUT2D eigenvalue weighted by molar-refractivity contribution is -0.150. The molecule has 1 heterocycles. The lowest BCUT2D eigenvalue weighted by Crippen LogP contribution is -2.57. The summed E-state index contributed by atoms with van der Waals surface area (Å²) in [4.78, 5) is 68.2. The molecule has 0 bridgehead atoms. The zero-order valence-corrected chi connectivity index (χ0v) is 25.4. The predicted molar refractivity (Wildman–Crippen MR) is 165 cm³/mol. The summed E-state index contributed by atoms with van der Waals surface area (Å²) in [7, 11) is 2.94. The summed E-state index contributed by atoms with van der Waals surface area (Å²) in [5.41, 5.74) is 1.69. The Labute approximate surface area is 261 Å². The van der Waals surface area contributed by atoms with E-state index in [1.807, 2.05) is 0 Å². The van der Waals surface area contributed by atoms with Gasteiger partial charge < -0.3 is 24.8 Å². The maximum Gasteiger partial charge on any atom is 0.374 e. The molecule has 1 aliphatic heterocycles. The van der Waals surface area contributed by atoms with Gasteiger partial charge in [-0.3, -0.25) is 24.1 Å². The first-order valence-corrected chi connectivity index (χ1v) is 14.3. The fraction of sp³-hybridized carbons (Fsp3) is 0.265. The Morgan fingerprint density at radius 3 is 2.09 bits per heavy atom. The minimum atomic E-state index is -1.69. The van der Waals surface area contributed by atoms with Crippen molar-refractivity contribution in [2.75, 3.05) is 20.8 Å². The number of nitrogens with zero attached hydrogens (tertiary/aromatic N) is 2. The molecule has 3 aromatic carbocycles. The van der Waals surface area contributed by atoms with Gasteiger partial charge in [-0.25, -0.2) is 4.79 Å². The molecule has 2 N–H and O–H groups in total. The van der Waals surface area contributed by atoms with E-state index in [1.54, 1.807) is 92.7 Å². The van der Waals surface area contributed by atoms with E-state index in [4.69, 9.17) is 9.47 Å². The zero-order valence-electron chi connectivity index (χ0n) is 25.4. The number of aliphatic carboxylic acids is 1. The number of carbonyl (C=O) groups is 5. The van der Waals surface area contributed by atoms with Gasteiger partial charge >= 0.3 is 5.97 Å². The van der Waals surface area contributed by atoms with Crippen LogP contribution in [-0.2, 0) is 25.6 Å². The van der Waals surface area contributed by atoms with Crippen molar-refractivity contribution < 1.29 is 38.6 Å². The van der Waals surface area contributed by atoms with Crippen molar-refractivity contribution in [3.8, 4) is 11.5 Å². The Morgan fingerprint density at radius 2 is 1.51 bits per heavy atom. The van der Waals surface area contributed by atoms with E-state index in [0.717, 1.165) is 0 Å². The summed E-state index contributed by atoms with van der Waals surface area (Å²) in [6.07, 6.45) is 1.47. The van der Waals surface area contributed by atoms with Crippen LogP contribution in [-0.4, -0.2) is 77.2 Å². The summed E-state index contributed by atoms with van der Waals surface area (Å²) in [5, 5.41) is 11.9.